The van der Waals surface area contributed by atoms with Crippen molar-refractivity contribution in [3.8, 4) is 11.5 Å². The Bertz CT molecular complexity index is 850. The molecule has 8 heteroatoms. The van der Waals surface area contributed by atoms with Crippen LogP contribution in [0.15, 0.2) is 53.8 Å². The van der Waals surface area contributed by atoms with Gasteiger partial charge in [0.2, 0.25) is 0 Å². The van der Waals surface area contributed by atoms with Gasteiger partial charge < -0.3 is 14.4 Å². The summed E-state index contributed by atoms with van der Waals surface area (Å²) in [5, 5.41) is 0. The van der Waals surface area contributed by atoms with Crippen LogP contribution in [-0.4, -0.2) is 25.5 Å². The van der Waals surface area contributed by atoms with Crippen LogP contribution in [0, 0.1) is 0 Å². The molecule has 2 aromatic rings. The maximum Gasteiger partial charge on any atom is 0.416 e. The number of nitrogens with zero attached hydrogens (tertiary/aromatic N) is 3. The fourth-order valence-corrected chi connectivity index (χ4v) is 2.65. The average molecular weight is 363 g/mol. The molecule has 5 nitrogen and oxygen atoms in total. The van der Waals surface area contributed by atoms with Crippen molar-refractivity contribution in [2.75, 3.05) is 19.1 Å². The lowest BCUT2D eigenvalue weighted by Gasteiger charge is -2.29. The van der Waals surface area contributed by atoms with E-state index in [1.54, 1.807) is 29.3 Å². The van der Waals surface area contributed by atoms with Gasteiger partial charge in [-0.15, -0.1) is 0 Å². The van der Waals surface area contributed by atoms with E-state index in [1.807, 2.05) is 6.07 Å². The van der Waals surface area contributed by atoms with Crippen molar-refractivity contribution in [2.45, 2.75) is 12.2 Å². The van der Waals surface area contributed by atoms with Crippen molar-refractivity contribution < 1.29 is 22.6 Å². The van der Waals surface area contributed by atoms with Crippen LogP contribution in [0.5, 0.6) is 11.5 Å². The minimum Gasteiger partial charge on any atom is -0.493 e. The van der Waals surface area contributed by atoms with Gasteiger partial charge in [-0.05, 0) is 35.9 Å². The molecule has 26 heavy (non-hydrogen) atoms. The standard InChI is InChI=1S/C18H16F3N3O2/c1-25-15-4-3-12(9-16(15)26-2)14-6-7-22-11-24(14)17-10-13(5-8-23-17)18(19,20)21/h3-11,14H,1-2H3. The predicted molar refractivity (Wildman–Crippen MR) is 91.6 cm³/mol. The van der Waals surface area contributed by atoms with Crippen LogP contribution < -0.4 is 14.4 Å². The molecule has 0 aliphatic carbocycles. The summed E-state index contributed by atoms with van der Waals surface area (Å²) < 4.78 is 49.6. The number of aliphatic imine (C=N–C) groups is 1. The zero-order chi connectivity index (χ0) is 18.7. The topological polar surface area (TPSA) is 47.0 Å². The van der Waals surface area contributed by atoms with Crippen LogP contribution >= 0.6 is 0 Å². The molecule has 0 radical (unpaired) electrons. The Morgan fingerprint density at radius 3 is 2.50 bits per heavy atom. The first kappa shape index (κ1) is 17.8. The Kier molecular flexibility index (Phi) is 4.83. The number of aromatic nitrogens is 1. The largest absolute Gasteiger partial charge is 0.493 e. The second-order valence-electron chi connectivity index (χ2n) is 5.47. The van der Waals surface area contributed by atoms with E-state index >= 15 is 0 Å². The van der Waals surface area contributed by atoms with E-state index in [-0.39, 0.29) is 11.9 Å². The smallest absolute Gasteiger partial charge is 0.416 e. The molecule has 1 atom stereocenters. The van der Waals surface area contributed by atoms with Crippen molar-refractivity contribution in [3.05, 3.63) is 59.9 Å². The number of rotatable bonds is 4. The summed E-state index contributed by atoms with van der Waals surface area (Å²) in [6.45, 7) is 0. The predicted octanol–water partition coefficient (Wildman–Crippen LogP) is 4.22. The molecule has 0 N–H and O–H groups in total. The molecule has 1 aliphatic rings. The molecule has 3 rings (SSSR count). The lowest BCUT2D eigenvalue weighted by Crippen LogP contribution is -2.28. The van der Waals surface area contributed by atoms with Gasteiger partial charge in [0, 0.05) is 12.4 Å². The van der Waals surface area contributed by atoms with E-state index in [4.69, 9.17) is 9.47 Å². The molecule has 1 unspecified atom stereocenters. The van der Waals surface area contributed by atoms with Crippen LogP contribution in [0.25, 0.3) is 0 Å². The number of alkyl halides is 3. The Morgan fingerprint density at radius 2 is 1.81 bits per heavy atom. The molecule has 1 aromatic carbocycles. The highest BCUT2D eigenvalue weighted by Gasteiger charge is 2.32. The van der Waals surface area contributed by atoms with Gasteiger partial charge in [-0.3, -0.25) is 0 Å². The van der Waals surface area contributed by atoms with Gasteiger partial charge in [0.05, 0.1) is 32.2 Å². The molecular formula is C18H16F3N3O2. The maximum atomic E-state index is 13.0. The molecule has 0 saturated heterocycles. The summed E-state index contributed by atoms with van der Waals surface area (Å²) in [6, 6.07) is 6.88. The molecule has 0 amide bonds. The summed E-state index contributed by atoms with van der Waals surface area (Å²) in [6.07, 6.45) is 1.49. The first-order valence-electron chi connectivity index (χ1n) is 7.67. The van der Waals surface area contributed by atoms with E-state index in [1.165, 1.54) is 20.6 Å². The summed E-state index contributed by atoms with van der Waals surface area (Å²) in [7, 11) is 3.05. The molecule has 2 heterocycles. The number of pyridine rings is 1. The Labute approximate surface area is 148 Å². The first-order valence-corrected chi connectivity index (χ1v) is 7.67. The lowest BCUT2D eigenvalue weighted by atomic mass is 10.0. The highest BCUT2D eigenvalue weighted by molar-refractivity contribution is 5.81. The summed E-state index contributed by atoms with van der Waals surface area (Å²) in [4.78, 5) is 9.66. The minimum atomic E-state index is -4.45. The zero-order valence-corrected chi connectivity index (χ0v) is 14.1. The summed E-state index contributed by atoms with van der Waals surface area (Å²) in [5.74, 6) is 1.24. The number of halogens is 3. The third kappa shape index (κ3) is 3.49. The molecule has 0 saturated carbocycles. The monoisotopic (exact) mass is 363 g/mol. The van der Waals surface area contributed by atoms with Gasteiger partial charge >= 0.3 is 6.18 Å². The first-order chi connectivity index (χ1) is 12.4. The van der Waals surface area contributed by atoms with E-state index in [9.17, 15) is 13.2 Å². The second kappa shape index (κ2) is 7.07. The van der Waals surface area contributed by atoms with Crippen LogP contribution in [-0.2, 0) is 6.18 Å². The van der Waals surface area contributed by atoms with Gasteiger partial charge in [0.25, 0.3) is 0 Å². The van der Waals surface area contributed by atoms with Crippen LogP contribution in [0.3, 0.4) is 0 Å². The van der Waals surface area contributed by atoms with Crippen LogP contribution in [0.4, 0.5) is 19.0 Å². The number of methoxy groups -OCH3 is 2. The molecule has 1 aromatic heterocycles. The third-order valence-electron chi connectivity index (χ3n) is 3.93. The Morgan fingerprint density at radius 1 is 1.04 bits per heavy atom. The van der Waals surface area contributed by atoms with Gasteiger partial charge in [-0.2, -0.15) is 13.2 Å². The van der Waals surface area contributed by atoms with Gasteiger partial charge in [0.15, 0.2) is 11.5 Å². The summed E-state index contributed by atoms with van der Waals surface area (Å²) >= 11 is 0. The summed E-state index contributed by atoms with van der Waals surface area (Å²) in [5.41, 5.74) is 0.0285. The second-order valence-corrected chi connectivity index (χ2v) is 5.47. The van der Waals surface area contributed by atoms with E-state index in [2.05, 4.69) is 9.98 Å². The lowest BCUT2D eigenvalue weighted by molar-refractivity contribution is -0.137. The highest BCUT2D eigenvalue weighted by Crippen LogP contribution is 2.36. The van der Waals surface area contributed by atoms with Crippen molar-refractivity contribution in [3.63, 3.8) is 0 Å². The molecule has 136 valence electrons. The van der Waals surface area contributed by atoms with E-state index < -0.39 is 11.7 Å². The van der Waals surface area contributed by atoms with Crippen LogP contribution in [0.2, 0.25) is 0 Å². The Hall–Kier alpha value is -3.03. The fraction of sp³-hybridized carbons (Fsp3) is 0.222. The van der Waals surface area contributed by atoms with Crippen molar-refractivity contribution in [1.29, 1.82) is 0 Å². The van der Waals surface area contributed by atoms with Crippen LogP contribution in [0.1, 0.15) is 17.2 Å². The quantitative estimate of drug-likeness (QED) is 0.816. The molecule has 0 bridgehead atoms. The third-order valence-corrected chi connectivity index (χ3v) is 3.93. The van der Waals surface area contributed by atoms with Crippen molar-refractivity contribution in [1.82, 2.24) is 4.98 Å². The van der Waals surface area contributed by atoms with Gasteiger partial charge in [-0.1, -0.05) is 6.07 Å². The maximum absolute atomic E-state index is 13.0. The van der Waals surface area contributed by atoms with E-state index in [0.29, 0.717) is 11.5 Å². The normalized spacial score (nSPS) is 16.7. The zero-order valence-electron chi connectivity index (χ0n) is 14.1. The highest BCUT2D eigenvalue weighted by atomic mass is 19.4. The molecule has 0 spiro atoms. The number of hydrogen-bond donors (Lipinski definition) is 0. The minimum absolute atomic E-state index is 0.146. The average Bonchev–Trinajstić information content (AvgIpc) is 2.67. The van der Waals surface area contributed by atoms with Gasteiger partial charge in [-0.25, -0.2) is 9.98 Å². The van der Waals surface area contributed by atoms with E-state index in [0.717, 1.165) is 23.9 Å². The number of anilines is 1. The SMILES string of the molecule is COc1ccc(C2C=CN=CN2c2cc(C(F)(F)F)ccn2)cc1OC. The molecule has 0 fully saturated rings. The fourth-order valence-electron chi connectivity index (χ4n) is 2.65. The molecule has 1 aliphatic heterocycles. The number of ether oxygens (including phenoxy) is 2. The Balaban J connectivity index is 2.00. The molecular weight excluding hydrogens is 347 g/mol. The van der Waals surface area contributed by atoms with Crippen molar-refractivity contribution >= 4 is 12.2 Å². The number of benzene rings is 1. The van der Waals surface area contributed by atoms with Crippen molar-refractivity contribution in [2.24, 2.45) is 4.99 Å². The van der Waals surface area contributed by atoms with Gasteiger partial charge in [0.1, 0.15) is 5.82 Å². The number of hydrogen-bond acceptors (Lipinski definition) is 5.